The monoisotopic (exact) mass is 225 g/mol. The minimum absolute atomic E-state index is 0.0135. The normalized spacial score (nSPS) is 24.9. The summed E-state index contributed by atoms with van der Waals surface area (Å²) in [5.74, 6) is -0.0135. The molecule has 0 bridgehead atoms. The van der Waals surface area contributed by atoms with Crippen molar-refractivity contribution in [3.63, 3.8) is 0 Å². The van der Waals surface area contributed by atoms with E-state index in [2.05, 4.69) is 5.32 Å². The molecule has 0 aliphatic carbocycles. The van der Waals surface area contributed by atoms with Gasteiger partial charge in [-0.25, -0.2) is 4.79 Å². The number of hydrogen-bond donors (Lipinski definition) is 1. The Bertz CT molecular complexity index is 287. The summed E-state index contributed by atoms with van der Waals surface area (Å²) in [6.45, 7) is 4.72. The van der Waals surface area contributed by atoms with E-state index in [1.807, 2.05) is 9.80 Å². The largest absolute Gasteiger partial charge is 0.352 e. The van der Waals surface area contributed by atoms with Crippen LogP contribution in [0.3, 0.4) is 0 Å². The molecule has 0 radical (unpaired) electrons. The van der Waals surface area contributed by atoms with E-state index in [1.165, 1.54) is 6.92 Å². The van der Waals surface area contributed by atoms with E-state index >= 15 is 0 Å². The summed E-state index contributed by atoms with van der Waals surface area (Å²) >= 11 is 0. The van der Waals surface area contributed by atoms with Crippen molar-refractivity contribution in [3.05, 3.63) is 0 Å². The lowest BCUT2D eigenvalue weighted by Gasteiger charge is -2.23. The summed E-state index contributed by atoms with van der Waals surface area (Å²) in [4.78, 5) is 26.7. The van der Waals surface area contributed by atoms with Crippen LogP contribution in [0, 0.1) is 0 Å². The lowest BCUT2D eigenvalue weighted by atomic mass is 10.3. The Hall–Kier alpha value is -1.26. The molecule has 90 valence electrons. The predicted molar refractivity (Wildman–Crippen MR) is 60.0 cm³/mol. The molecule has 1 atom stereocenters. The molecule has 5 heteroatoms. The van der Waals surface area contributed by atoms with Gasteiger partial charge in [-0.05, 0) is 19.3 Å². The molecule has 2 aliphatic heterocycles. The second-order valence-electron chi connectivity index (χ2n) is 4.61. The first-order valence-corrected chi connectivity index (χ1v) is 5.98. The Morgan fingerprint density at radius 3 is 2.44 bits per heavy atom. The van der Waals surface area contributed by atoms with Crippen molar-refractivity contribution in [2.24, 2.45) is 0 Å². The van der Waals surface area contributed by atoms with E-state index < -0.39 is 0 Å². The van der Waals surface area contributed by atoms with E-state index in [9.17, 15) is 9.59 Å². The van der Waals surface area contributed by atoms with Crippen LogP contribution in [0.15, 0.2) is 0 Å². The zero-order chi connectivity index (χ0) is 11.5. The smallest absolute Gasteiger partial charge is 0.320 e. The van der Waals surface area contributed by atoms with Gasteiger partial charge in [-0.1, -0.05) is 0 Å². The van der Waals surface area contributed by atoms with Crippen molar-refractivity contribution in [2.75, 3.05) is 26.2 Å². The average Bonchev–Trinajstić information content (AvgIpc) is 2.84. The van der Waals surface area contributed by atoms with Gasteiger partial charge in [-0.15, -0.1) is 0 Å². The Morgan fingerprint density at radius 1 is 1.12 bits per heavy atom. The Morgan fingerprint density at radius 2 is 1.81 bits per heavy atom. The molecule has 16 heavy (non-hydrogen) atoms. The molecule has 2 saturated heterocycles. The maximum absolute atomic E-state index is 12.0. The summed E-state index contributed by atoms with van der Waals surface area (Å²) in [7, 11) is 0. The number of rotatable bonds is 1. The first-order chi connectivity index (χ1) is 7.66. The van der Waals surface area contributed by atoms with Crippen LogP contribution in [0.4, 0.5) is 4.79 Å². The van der Waals surface area contributed by atoms with Gasteiger partial charge in [-0.3, -0.25) is 4.79 Å². The fourth-order valence-electron chi connectivity index (χ4n) is 2.45. The second kappa shape index (κ2) is 4.72. The van der Waals surface area contributed by atoms with Crippen molar-refractivity contribution < 1.29 is 9.59 Å². The third-order valence-corrected chi connectivity index (χ3v) is 3.24. The van der Waals surface area contributed by atoms with Crippen LogP contribution in [0.25, 0.3) is 0 Å². The maximum atomic E-state index is 12.0. The third kappa shape index (κ3) is 2.46. The van der Waals surface area contributed by atoms with Crippen LogP contribution >= 0.6 is 0 Å². The molecule has 0 saturated carbocycles. The van der Waals surface area contributed by atoms with Gasteiger partial charge in [-0.2, -0.15) is 0 Å². The van der Waals surface area contributed by atoms with E-state index in [4.69, 9.17) is 0 Å². The number of nitrogens with zero attached hydrogens (tertiary/aromatic N) is 2. The number of carbonyl (C=O) groups excluding carboxylic acids is 2. The summed E-state index contributed by atoms with van der Waals surface area (Å²) < 4.78 is 0. The number of nitrogens with one attached hydrogen (secondary N) is 1. The minimum atomic E-state index is -0.0135. The van der Waals surface area contributed by atoms with Crippen LogP contribution in [0.5, 0.6) is 0 Å². The maximum Gasteiger partial charge on any atom is 0.320 e. The SMILES string of the molecule is CC(=O)NC1CCN(C(=O)N2CCCC2)C1. The molecule has 2 fully saturated rings. The Labute approximate surface area is 95.8 Å². The Balaban J connectivity index is 1.83. The van der Waals surface area contributed by atoms with Crippen molar-refractivity contribution in [1.29, 1.82) is 0 Å². The zero-order valence-corrected chi connectivity index (χ0v) is 9.74. The number of hydrogen-bond acceptors (Lipinski definition) is 2. The lowest BCUT2D eigenvalue weighted by molar-refractivity contribution is -0.119. The molecule has 2 rings (SSSR count). The van der Waals surface area contributed by atoms with Gasteiger partial charge >= 0.3 is 6.03 Å². The van der Waals surface area contributed by atoms with Crippen molar-refractivity contribution in [2.45, 2.75) is 32.2 Å². The second-order valence-corrected chi connectivity index (χ2v) is 4.61. The molecule has 1 N–H and O–H groups in total. The first-order valence-electron chi connectivity index (χ1n) is 5.98. The number of urea groups is 1. The van der Waals surface area contributed by atoms with Gasteiger partial charge in [0.2, 0.25) is 5.91 Å². The first kappa shape index (κ1) is 11.2. The molecule has 0 aromatic rings. The molecule has 5 nitrogen and oxygen atoms in total. The minimum Gasteiger partial charge on any atom is -0.352 e. The molecule has 3 amide bonds. The van der Waals surface area contributed by atoms with Gasteiger partial charge in [0.25, 0.3) is 0 Å². The predicted octanol–water partition coefficient (Wildman–Crippen LogP) is 0.413. The summed E-state index contributed by atoms with van der Waals surface area (Å²) in [5.41, 5.74) is 0. The highest BCUT2D eigenvalue weighted by molar-refractivity contribution is 5.76. The van der Waals surface area contributed by atoms with Crippen LogP contribution in [-0.2, 0) is 4.79 Å². The molecule has 2 aliphatic rings. The highest BCUT2D eigenvalue weighted by Gasteiger charge is 2.30. The molecule has 2 heterocycles. The van der Waals surface area contributed by atoms with E-state index in [-0.39, 0.29) is 18.0 Å². The number of carbonyl (C=O) groups is 2. The van der Waals surface area contributed by atoms with Crippen molar-refractivity contribution in [3.8, 4) is 0 Å². The van der Waals surface area contributed by atoms with Gasteiger partial charge in [0, 0.05) is 39.1 Å². The molecule has 1 unspecified atom stereocenters. The standard InChI is InChI=1S/C11H19N3O2/c1-9(15)12-10-4-7-14(8-10)11(16)13-5-2-3-6-13/h10H,2-8H2,1H3,(H,12,15). The molecule has 0 aromatic heterocycles. The fourth-order valence-corrected chi connectivity index (χ4v) is 2.45. The van der Waals surface area contributed by atoms with E-state index in [1.54, 1.807) is 0 Å². The molecule has 0 aromatic carbocycles. The quantitative estimate of drug-likeness (QED) is 0.703. The number of likely N-dealkylation sites (tertiary alicyclic amines) is 2. The van der Waals surface area contributed by atoms with Gasteiger partial charge in [0.05, 0.1) is 0 Å². The van der Waals surface area contributed by atoms with Crippen LogP contribution in [0.2, 0.25) is 0 Å². The third-order valence-electron chi connectivity index (χ3n) is 3.24. The lowest BCUT2D eigenvalue weighted by Crippen LogP contribution is -2.42. The highest BCUT2D eigenvalue weighted by Crippen LogP contribution is 2.15. The average molecular weight is 225 g/mol. The van der Waals surface area contributed by atoms with Crippen molar-refractivity contribution in [1.82, 2.24) is 15.1 Å². The van der Waals surface area contributed by atoms with Crippen LogP contribution in [-0.4, -0.2) is 54.0 Å². The van der Waals surface area contributed by atoms with E-state index in [0.29, 0.717) is 6.54 Å². The van der Waals surface area contributed by atoms with Crippen molar-refractivity contribution >= 4 is 11.9 Å². The molecule has 0 spiro atoms. The van der Waals surface area contributed by atoms with Gasteiger partial charge < -0.3 is 15.1 Å². The fraction of sp³-hybridized carbons (Fsp3) is 0.818. The Kier molecular flexibility index (Phi) is 3.31. The number of amides is 3. The zero-order valence-electron chi connectivity index (χ0n) is 9.74. The van der Waals surface area contributed by atoms with E-state index in [0.717, 1.165) is 38.9 Å². The summed E-state index contributed by atoms with van der Waals surface area (Å²) in [6, 6.07) is 0.286. The summed E-state index contributed by atoms with van der Waals surface area (Å²) in [5, 5.41) is 2.87. The topological polar surface area (TPSA) is 52.7 Å². The highest BCUT2D eigenvalue weighted by atomic mass is 16.2. The molecular formula is C11H19N3O2. The van der Waals surface area contributed by atoms with Crippen LogP contribution < -0.4 is 5.32 Å². The molecular weight excluding hydrogens is 206 g/mol. The van der Waals surface area contributed by atoms with Gasteiger partial charge in [0.15, 0.2) is 0 Å². The summed E-state index contributed by atoms with van der Waals surface area (Å²) in [6.07, 6.45) is 3.11. The van der Waals surface area contributed by atoms with Crippen LogP contribution in [0.1, 0.15) is 26.2 Å². The van der Waals surface area contributed by atoms with Gasteiger partial charge in [0.1, 0.15) is 0 Å².